The molecule has 1 saturated heterocycles. The van der Waals surface area contributed by atoms with Crippen LogP contribution in [0.4, 0.5) is 0 Å². The maximum atomic E-state index is 13.0. The van der Waals surface area contributed by atoms with Crippen LogP contribution in [0.2, 0.25) is 0 Å². The lowest BCUT2D eigenvalue weighted by molar-refractivity contribution is -0.106. The molecule has 9 nitrogen and oxygen atoms in total. The van der Waals surface area contributed by atoms with Crippen molar-refractivity contribution in [1.82, 2.24) is 0 Å². The van der Waals surface area contributed by atoms with Gasteiger partial charge in [0.2, 0.25) is 0 Å². The van der Waals surface area contributed by atoms with E-state index in [4.69, 9.17) is 24.5 Å². The molecule has 5 atom stereocenters. The van der Waals surface area contributed by atoms with Crippen LogP contribution in [0.25, 0.3) is 10.4 Å². The minimum Gasteiger partial charge on any atom is -0.458 e. The Morgan fingerprint density at radius 3 is 2.08 bits per heavy atom. The van der Waals surface area contributed by atoms with E-state index in [9.17, 15) is 9.59 Å². The Morgan fingerprint density at radius 1 is 0.919 bits per heavy atom. The monoisotopic (exact) mass is 613 g/mol. The Hall–Kier alpha value is -3.44. The zero-order valence-corrected chi connectivity index (χ0v) is 21.8. The van der Waals surface area contributed by atoms with Gasteiger partial charge in [0.25, 0.3) is 0 Å². The molecule has 3 aromatic rings. The molecule has 0 bridgehead atoms. The van der Waals surface area contributed by atoms with Crippen LogP contribution in [-0.2, 0) is 25.6 Å². The van der Waals surface area contributed by atoms with Gasteiger partial charge in [-0.3, -0.25) is 0 Å². The van der Waals surface area contributed by atoms with E-state index in [0.717, 1.165) is 5.56 Å². The van der Waals surface area contributed by atoms with Gasteiger partial charge in [-0.05, 0) is 35.4 Å². The van der Waals surface area contributed by atoms with Crippen LogP contribution >= 0.6 is 22.6 Å². The van der Waals surface area contributed by atoms with E-state index in [1.807, 2.05) is 30.3 Å². The number of esters is 2. The molecule has 1 heterocycles. The number of nitrogens with zero attached hydrogens (tertiary/aromatic N) is 3. The second-order valence-corrected chi connectivity index (χ2v) is 9.61. The van der Waals surface area contributed by atoms with Crippen molar-refractivity contribution in [2.75, 3.05) is 6.61 Å². The summed E-state index contributed by atoms with van der Waals surface area (Å²) in [6.07, 6.45) is -3.38. The summed E-state index contributed by atoms with van der Waals surface area (Å²) in [5, 5.41) is 3.75. The quantitative estimate of drug-likeness (QED) is 0.0745. The summed E-state index contributed by atoms with van der Waals surface area (Å²) in [6.45, 7) is -0.0223. The number of alkyl halides is 1. The van der Waals surface area contributed by atoms with E-state index in [1.165, 1.54) is 0 Å². The van der Waals surface area contributed by atoms with E-state index < -0.39 is 36.5 Å². The van der Waals surface area contributed by atoms with Crippen molar-refractivity contribution >= 4 is 34.5 Å². The molecule has 0 N–H and O–H groups in total. The number of hydrogen-bond donors (Lipinski definition) is 0. The van der Waals surface area contributed by atoms with Gasteiger partial charge in [0, 0.05) is 4.91 Å². The maximum Gasteiger partial charge on any atom is 0.338 e. The van der Waals surface area contributed by atoms with Gasteiger partial charge in [0.15, 0.2) is 12.3 Å². The number of ether oxygens (including phenoxy) is 4. The van der Waals surface area contributed by atoms with E-state index >= 15 is 0 Å². The van der Waals surface area contributed by atoms with Crippen LogP contribution in [0.15, 0.2) is 96.1 Å². The Morgan fingerprint density at radius 2 is 1.49 bits per heavy atom. The lowest BCUT2D eigenvalue weighted by Crippen LogP contribution is -2.44. The van der Waals surface area contributed by atoms with Gasteiger partial charge in [-0.1, -0.05) is 94.4 Å². The van der Waals surface area contributed by atoms with Crippen LogP contribution in [0.5, 0.6) is 0 Å². The number of benzene rings is 3. The number of carbonyl (C=O) groups excluding carboxylic acids is 2. The molecule has 37 heavy (non-hydrogen) atoms. The minimum absolute atomic E-state index is 0.261. The summed E-state index contributed by atoms with van der Waals surface area (Å²) in [7, 11) is 0. The number of hydrogen-bond acceptors (Lipinski definition) is 7. The SMILES string of the molecule is [N-]=[N+]=N[C@@H]1O[C@H](C(COC(=O)c2ccccc2)OC(=O)c2ccccc2)[C@H](OCc2ccccc2)[C@@H]1I. The largest absolute Gasteiger partial charge is 0.458 e. The molecule has 1 unspecified atom stereocenters. The summed E-state index contributed by atoms with van der Waals surface area (Å²) in [6, 6.07) is 26.5. The molecule has 0 aliphatic carbocycles. The van der Waals surface area contributed by atoms with E-state index in [0.29, 0.717) is 11.1 Å². The van der Waals surface area contributed by atoms with Crippen LogP contribution < -0.4 is 0 Å². The van der Waals surface area contributed by atoms with Gasteiger partial charge in [-0.2, -0.15) is 0 Å². The molecule has 0 radical (unpaired) electrons. The van der Waals surface area contributed by atoms with Crippen molar-refractivity contribution in [1.29, 1.82) is 0 Å². The van der Waals surface area contributed by atoms with Gasteiger partial charge in [0.1, 0.15) is 18.8 Å². The normalized spacial score (nSPS) is 21.4. The van der Waals surface area contributed by atoms with E-state index in [2.05, 4.69) is 32.6 Å². The third-order valence-corrected chi connectivity index (χ3v) is 7.00. The predicted molar refractivity (Wildman–Crippen MR) is 143 cm³/mol. The molecule has 0 amide bonds. The van der Waals surface area contributed by atoms with Crippen LogP contribution in [0, 0.1) is 0 Å². The molecule has 10 heteroatoms. The smallest absolute Gasteiger partial charge is 0.338 e. The molecule has 0 saturated carbocycles. The average Bonchev–Trinajstić information content (AvgIpc) is 3.25. The van der Waals surface area contributed by atoms with Gasteiger partial charge >= 0.3 is 11.9 Å². The third kappa shape index (κ3) is 7.07. The summed E-state index contributed by atoms with van der Waals surface area (Å²) >= 11 is 2.10. The highest BCUT2D eigenvalue weighted by molar-refractivity contribution is 14.1. The molecule has 1 fully saturated rings. The Labute approximate surface area is 227 Å². The summed E-state index contributed by atoms with van der Waals surface area (Å²) < 4.78 is 23.2. The zero-order valence-electron chi connectivity index (χ0n) is 19.6. The van der Waals surface area contributed by atoms with Crippen molar-refractivity contribution in [3.8, 4) is 0 Å². The van der Waals surface area contributed by atoms with Crippen LogP contribution in [0.3, 0.4) is 0 Å². The fourth-order valence-electron chi connectivity index (χ4n) is 3.84. The van der Waals surface area contributed by atoms with Gasteiger partial charge in [-0.15, -0.1) is 0 Å². The van der Waals surface area contributed by atoms with E-state index in [-0.39, 0.29) is 17.1 Å². The number of halogens is 1. The first-order valence-corrected chi connectivity index (χ1v) is 12.8. The topological polar surface area (TPSA) is 120 Å². The molecule has 0 spiro atoms. The summed E-state index contributed by atoms with van der Waals surface area (Å²) in [5.74, 6) is -1.18. The van der Waals surface area contributed by atoms with Crippen molar-refractivity contribution in [2.45, 2.75) is 35.1 Å². The lowest BCUT2D eigenvalue weighted by Gasteiger charge is -2.28. The van der Waals surface area contributed by atoms with Crippen molar-refractivity contribution < 1.29 is 28.5 Å². The lowest BCUT2D eigenvalue weighted by atomic mass is 10.1. The Bertz CT molecular complexity index is 1220. The van der Waals surface area contributed by atoms with E-state index in [1.54, 1.807) is 60.7 Å². The zero-order chi connectivity index (χ0) is 26.0. The van der Waals surface area contributed by atoms with Crippen molar-refractivity contribution in [3.63, 3.8) is 0 Å². The van der Waals surface area contributed by atoms with Crippen LogP contribution in [0.1, 0.15) is 26.3 Å². The van der Waals surface area contributed by atoms with Gasteiger partial charge < -0.3 is 18.9 Å². The summed E-state index contributed by atoms with van der Waals surface area (Å²) in [5.41, 5.74) is 10.7. The molecule has 4 rings (SSSR count). The molecular weight excluding hydrogens is 589 g/mol. The van der Waals surface area contributed by atoms with Gasteiger partial charge in [0.05, 0.1) is 21.7 Å². The Kier molecular flexibility index (Phi) is 9.50. The Balaban J connectivity index is 1.57. The molecule has 190 valence electrons. The number of rotatable bonds is 10. The highest BCUT2D eigenvalue weighted by Crippen LogP contribution is 2.34. The second kappa shape index (κ2) is 13.2. The van der Waals surface area contributed by atoms with Gasteiger partial charge in [-0.25, -0.2) is 9.59 Å². The minimum atomic E-state index is -1.03. The average molecular weight is 613 g/mol. The molecular formula is C27H24IN3O6. The maximum absolute atomic E-state index is 13.0. The second-order valence-electron chi connectivity index (χ2n) is 8.18. The van der Waals surface area contributed by atoms with Crippen molar-refractivity contribution in [2.24, 2.45) is 5.11 Å². The summed E-state index contributed by atoms with van der Waals surface area (Å²) in [4.78, 5) is 28.5. The van der Waals surface area contributed by atoms with Crippen molar-refractivity contribution in [3.05, 3.63) is 118 Å². The predicted octanol–water partition coefficient (Wildman–Crippen LogP) is 5.49. The highest BCUT2D eigenvalue weighted by Gasteiger charge is 2.49. The van der Waals surface area contributed by atoms with Crippen LogP contribution in [-0.4, -0.2) is 47.0 Å². The molecule has 0 aromatic heterocycles. The fraction of sp³-hybridized carbons (Fsp3) is 0.259. The molecule has 1 aliphatic heterocycles. The highest BCUT2D eigenvalue weighted by atomic mass is 127. The third-order valence-electron chi connectivity index (χ3n) is 5.68. The first-order chi connectivity index (χ1) is 18.1. The fourth-order valence-corrected chi connectivity index (χ4v) is 4.77. The first kappa shape index (κ1) is 26.6. The molecule has 1 aliphatic rings. The first-order valence-electron chi connectivity index (χ1n) is 11.5. The molecule has 3 aromatic carbocycles. The number of azide groups is 1. The standard InChI is InChI=1S/C27H24IN3O6/c28-22-24(34-16-18-10-4-1-5-11-18)23(37-25(22)30-31-29)21(36-27(33)20-14-8-3-9-15-20)17-35-26(32)19-12-6-2-7-13-19/h1-15,21-25H,16-17H2/t21?,22-,23+,24+,25+/m0/s1. The number of carbonyl (C=O) groups is 2.